The maximum absolute atomic E-state index is 14.7. The largest absolute Gasteiger partial charge is 0.495 e. The van der Waals surface area contributed by atoms with E-state index in [1.165, 1.54) is 25.3 Å². The fourth-order valence-corrected chi connectivity index (χ4v) is 5.88. The summed E-state index contributed by atoms with van der Waals surface area (Å²) >= 11 is 6.15. The Morgan fingerprint density at radius 3 is 2.51 bits per heavy atom. The van der Waals surface area contributed by atoms with Gasteiger partial charge in [-0.25, -0.2) is 9.29 Å². The van der Waals surface area contributed by atoms with Gasteiger partial charge in [-0.15, -0.1) is 0 Å². The van der Waals surface area contributed by atoms with Crippen molar-refractivity contribution in [3.05, 3.63) is 94.9 Å². The molecule has 0 bridgehead atoms. The molecule has 2 saturated heterocycles. The standard InChI is InChI=1S/C28H21ClFN3O4/c1-37-21-11-10-16(29)14-19(21)31-26(34)25-23-22(24-17-7-3-2-6-15(17)12-13-32(24)25)27(35)33(28(23)36)20-9-5-4-8-18(20)30/h2-14,22-25H,1H3,(H,31,34)/t22-,23+,24?,25-/m0/s1. The molecule has 7 nitrogen and oxygen atoms in total. The number of benzene rings is 3. The monoisotopic (exact) mass is 517 g/mol. The number of carbonyl (C=O) groups is 3. The van der Waals surface area contributed by atoms with Crippen molar-refractivity contribution in [2.45, 2.75) is 12.1 Å². The fourth-order valence-electron chi connectivity index (χ4n) is 5.71. The number of nitrogens with zero attached hydrogens (tertiary/aromatic N) is 2. The highest BCUT2D eigenvalue weighted by Crippen LogP contribution is 2.53. The number of carbonyl (C=O) groups excluding carboxylic acids is 3. The van der Waals surface area contributed by atoms with Crippen molar-refractivity contribution in [1.29, 1.82) is 0 Å². The quantitative estimate of drug-likeness (QED) is 0.510. The van der Waals surface area contributed by atoms with E-state index in [0.717, 1.165) is 16.0 Å². The highest BCUT2D eigenvalue weighted by molar-refractivity contribution is 6.31. The van der Waals surface area contributed by atoms with Gasteiger partial charge in [-0.1, -0.05) is 48.0 Å². The summed E-state index contributed by atoms with van der Waals surface area (Å²) in [6.45, 7) is 0. The lowest BCUT2D eigenvalue weighted by molar-refractivity contribution is -0.128. The summed E-state index contributed by atoms with van der Waals surface area (Å²) in [4.78, 5) is 44.1. The van der Waals surface area contributed by atoms with Gasteiger partial charge in [0, 0.05) is 11.2 Å². The molecule has 3 aliphatic rings. The Morgan fingerprint density at radius 1 is 1.00 bits per heavy atom. The first-order valence-corrected chi connectivity index (χ1v) is 12.1. The van der Waals surface area contributed by atoms with Crippen LogP contribution >= 0.6 is 11.6 Å². The van der Waals surface area contributed by atoms with Crippen LogP contribution in [-0.4, -0.2) is 35.8 Å². The van der Waals surface area contributed by atoms with Crippen molar-refractivity contribution in [3.63, 3.8) is 0 Å². The number of fused-ring (bicyclic) bond motifs is 5. The molecule has 1 N–H and O–H groups in total. The van der Waals surface area contributed by atoms with Crippen LogP contribution in [0.3, 0.4) is 0 Å². The molecule has 4 atom stereocenters. The molecule has 3 heterocycles. The molecule has 2 fully saturated rings. The normalized spacial score (nSPS) is 23.5. The van der Waals surface area contributed by atoms with E-state index in [2.05, 4.69) is 5.32 Å². The Hall–Kier alpha value is -4.17. The molecular formula is C28H21ClFN3O4. The summed E-state index contributed by atoms with van der Waals surface area (Å²) in [6.07, 6.45) is 3.61. The number of anilines is 2. The second-order valence-electron chi connectivity index (χ2n) is 9.13. The van der Waals surface area contributed by atoms with Gasteiger partial charge in [0.05, 0.1) is 36.4 Å². The van der Waals surface area contributed by atoms with Crippen LogP contribution < -0.4 is 15.0 Å². The van der Waals surface area contributed by atoms with E-state index in [-0.39, 0.29) is 5.69 Å². The number of hydrogen-bond acceptors (Lipinski definition) is 5. The van der Waals surface area contributed by atoms with Crippen LogP contribution in [0, 0.1) is 17.7 Å². The molecule has 9 heteroatoms. The van der Waals surface area contributed by atoms with Crippen LogP contribution in [0.25, 0.3) is 6.08 Å². The lowest BCUT2D eigenvalue weighted by Crippen LogP contribution is -2.46. The van der Waals surface area contributed by atoms with Gasteiger partial charge in [-0.05, 0) is 47.5 Å². The van der Waals surface area contributed by atoms with Gasteiger partial charge in [0.25, 0.3) is 0 Å². The number of nitrogens with one attached hydrogen (secondary N) is 1. The molecule has 186 valence electrons. The highest BCUT2D eigenvalue weighted by atomic mass is 35.5. The Kier molecular flexibility index (Phi) is 5.49. The number of ether oxygens (including phenoxy) is 1. The number of halogens is 2. The predicted molar refractivity (Wildman–Crippen MR) is 136 cm³/mol. The summed E-state index contributed by atoms with van der Waals surface area (Å²) in [6, 6.07) is 16.4. The molecule has 3 aromatic carbocycles. The summed E-state index contributed by atoms with van der Waals surface area (Å²) in [5.41, 5.74) is 1.94. The van der Waals surface area contributed by atoms with Gasteiger partial charge >= 0.3 is 0 Å². The van der Waals surface area contributed by atoms with E-state index in [1.807, 2.05) is 30.3 Å². The molecule has 0 aromatic heterocycles. The average Bonchev–Trinajstić information content (AvgIpc) is 3.37. The number of para-hydroxylation sites is 1. The third-order valence-electron chi connectivity index (χ3n) is 7.24. The van der Waals surface area contributed by atoms with Gasteiger partial charge in [-0.3, -0.25) is 14.4 Å². The van der Waals surface area contributed by atoms with Crippen LogP contribution in [0.2, 0.25) is 5.02 Å². The molecule has 0 aliphatic carbocycles. The second kappa shape index (κ2) is 8.74. The Labute approximate surface area is 217 Å². The van der Waals surface area contributed by atoms with Crippen LogP contribution in [-0.2, 0) is 14.4 Å². The first kappa shape index (κ1) is 23.2. The van der Waals surface area contributed by atoms with Crippen LogP contribution in [0.4, 0.5) is 15.8 Å². The van der Waals surface area contributed by atoms with Gasteiger partial charge in [-0.2, -0.15) is 0 Å². The van der Waals surface area contributed by atoms with E-state index in [0.29, 0.717) is 16.5 Å². The van der Waals surface area contributed by atoms with E-state index in [4.69, 9.17) is 16.3 Å². The molecule has 3 aliphatic heterocycles. The van der Waals surface area contributed by atoms with Crippen molar-refractivity contribution < 1.29 is 23.5 Å². The molecule has 0 saturated carbocycles. The minimum Gasteiger partial charge on any atom is -0.495 e. The Balaban J connectivity index is 1.46. The molecule has 0 spiro atoms. The van der Waals surface area contributed by atoms with Crippen LogP contribution in [0.15, 0.2) is 72.9 Å². The summed E-state index contributed by atoms with van der Waals surface area (Å²) in [7, 11) is 1.47. The lowest BCUT2D eigenvalue weighted by atomic mass is 9.84. The van der Waals surface area contributed by atoms with Crippen LogP contribution in [0.5, 0.6) is 5.75 Å². The Morgan fingerprint density at radius 2 is 1.73 bits per heavy atom. The molecule has 0 radical (unpaired) electrons. The second-order valence-corrected chi connectivity index (χ2v) is 9.57. The van der Waals surface area contributed by atoms with Crippen molar-refractivity contribution in [2.24, 2.45) is 11.8 Å². The molecule has 1 unspecified atom stereocenters. The van der Waals surface area contributed by atoms with E-state index >= 15 is 0 Å². The minimum atomic E-state index is -1.03. The van der Waals surface area contributed by atoms with Crippen molar-refractivity contribution >= 4 is 46.8 Å². The minimum absolute atomic E-state index is 0.117. The number of amides is 3. The topological polar surface area (TPSA) is 79.0 Å². The number of imide groups is 1. The van der Waals surface area contributed by atoms with Gasteiger partial charge < -0.3 is 15.0 Å². The van der Waals surface area contributed by atoms with E-state index < -0.39 is 47.5 Å². The first-order valence-electron chi connectivity index (χ1n) is 11.7. The number of rotatable bonds is 4. The SMILES string of the molecule is COc1ccc(Cl)cc1NC(=O)[C@@H]1[C@@H]2C(=O)N(c3ccccc3F)C(=O)[C@@H]2C2c3ccccc3C=CN21. The van der Waals surface area contributed by atoms with Crippen LogP contribution in [0.1, 0.15) is 17.2 Å². The highest BCUT2D eigenvalue weighted by Gasteiger charge is 2.64. The maximum atomic E-state index is 14.7. The van der Waals surface area contributed by atoms with Crippen molar-refractivity contribution in [3.8, 4) is 5.75 Å². The third-order valence-corrected chi connectivity index (χ3v) is 7.48. The third kappa shape index (κ3) is 3.51. The molecule has 3 amide bonds. The zero-order valence-corrected chi connectivity index (χ0v) is 20.4. The molecule has 3 aromatic rings. The predicted octanol–water partition coefficient (Wildman–Crippen LogP) is 4.64. The first-order chi connectivity index (χ1) is 17.9. The molecular weight excluding hydrogens is 497 g/mol. The molecule has 37 heavy (non-hydrogen) atoms. The molecule has 6 rings (SSSR count). The van der Waals surface area contributed by atoms with E-state index in [9.17, 15) is 18.8 Å². The summed E-state index contributed by atoms with van der Waals surface area (Å²) in [5.74, 6) is -3.85. The zero-order valence-electron chi connectivity index (χ0n) is 19.6. The van der Waals surface area contributed by atoms with Crippen molar-refractivity contribution in [2.75, 3.05) is 17.3 Å². The zero-order chi connectivity index (χ0) is 25.8. The Bertz CT molecular complexity index is 1490. The van der Waals surface area contributed by atoms with E-state index in [1.54, 1.807) is 35.4 Å². The van der Waals surface area contributed by atoms with Gasteiger partial charge in [0.1, 0.15) is 17.6 Å². The summed E-state index contributed by atoms with van der Waals surface area (Å²) in [5, 5.41) is 3.23. The van der Waals surface area contributed by atoms with Gasteiger partial charge in [0.2, 0.25) is 17.7 Å². The fraction of sp³-hybridized carbons (Fsp3) is 0.179. The number of methoxy groups -OCH3 is 1. The number of hydrogen-bond donors (Lipinski definition) is 1. The summed E-state index contributed by atoms with van der Waals surface area (Å²) < 4.78 is 20.1. The maximum Gasteiger partial charge on any atom is 0.248 e. The average molecular weight is 518 g/mol. The van der Waals surface area contributed by atoms with Gasteiger partial charge in [0.15, 0.2) is 0 Å². The lowest BCUT2D eigenvalue weighted by Gasteiger charge is -2.35. The smallest absolute Gasteiger partial charge is 0.248 e. The van der Waals surface area contributed by atoms with Crippen molar-refractivity contribution in [1.82, 2.24) is 4.90 Å².